The van der Waals surface area contributed by atoms with Gasteiger partial charge in [0.15, 0.2) is 0 Å². The number of carboxylic acid groups (broad SMARTS) is 1. The molecule has 5 nitrogen and oxygen atoms in total. The van der Waals surface area contributed by atoms with E-state index in [0.717, 1.165) is 5.69 Å². The predicted molar refractivity (Wildman–Crippen MR) is 80.1 cm³/mol. The van der Waals surface area contributed by atoms with Crippen LogP contribution >= 0.6 is 0 Å². The number of carbonyl (C=O) groups is 2. The summed E-state index contributed by atoms with van der Waals surface area (Å²) in [4.78, 5) is 25.2. The van der Waals surface area contributed by atoms with Gasteiger partial charge in [0.2, 0.25) is 5.91 Å². The van der Waals surface area contributed by atoms with Gasteiger partial charge in [0.05, 0.1) is 16.9 Å². The van der Waals surface area contributed by atoms with Gasteiger partial charge in [-0.05, 0) is 24.3 Å². The van der Waals surface area contributed by atoms with Crippen LogP contribution in [0.2, 0.25) is 0 Å². The number of para-hydroxylation sites is 2. The van der Waals surface area contributed by atoms with E-state index >= 15 is 0 Å². The first-order chi connectivity index (χ1) is 10.2. The summed E-state index contributed by atoms with van der Waals surface area (Å²) in [5, 5.41) is 12.0. The third kappa shape index (κ3) is 2.45. The number of amides is 1. The van der Waals surface area contributed by atoms with Gasteiger partial charge in [0.25, 0.3) is 0 Å². The molecular weight excluding hydrogens is 268 g/mol. The lowest BCUT2D eigenvalue weighted by molar-refractivity contribution is -0.115. The molecule has 1 aliphatic heterocycles. The fourth-order valence-electron chi connectivity index (χ4n) is 2.49. The maximum absolute atomic E-state index is 11.9. The molecule has 1 heterocycles. The first-order valence-electron chi connectivity index (χ1n) is 6.65. The van der Waals surface area contributed by atoms with Gasteiger partial charge < -0.3 is 15.3 Å². The molecule has 0 saturated carbocycles. The van der Waals surface area contributed by atoms with Crippen LogP contribution in [0.15, 0.2) is 48.5 Å². The molecule has 0 bridgehead atoms. The highest BCUT2D eigenvalue weighted by Crippen LogP contribution is 2.36. The Hall–Kier alpha value is -2.82. The molecule has 21 heavy (non-hydrogen) atoms. The summed E-state index contributed by atoms with van der Waals surface area (Å²) >= 11 is 0. The summed E-state index contributed by atoms with van der Waals surface area (Å²) in [5.74, 6) is -1.23. The third-order valence-electron chi connectivity index (χ3n) is 3.46. The first-order valence-corrected chi connectivity index (χ1v) is 6.65. The fraction of sp³-hybridized carbons (Fsp3) is 0.125. The highest BCUT2D eigenvalue weighted by molar-refractivity contribution is 6.06. The number of aromatic carboxylic acids is 1. The molecule has 0 fully saturated rings. The average Bonchev–Trinajstić information content (AvgIpc) is 2.66. The van der Waals surface area contributed by atoms with Crippen molar-refractivity contribution in [3.63, 3.8) is 0 Å². The minimum absolute atomic E-state index is 0.101. The zero-order valence-corrected chi connectivity index (χ0v) is 11.2. The summed E-state index contributed by atoms with van der Waals surface area (Å²) in [5.41, 5.74) is 2.09. The molecule has 3 rings (SSSR count). The van der Waals surface area contributed by atoms with Gasteiger partial charge in [-0.3, -0.25) is 4.79 Å². The largest absolute Gasteiger partial charge is 0.478 e. The van der Waals surface area contributed by atoms with Crippen molar-refractivity contribution in [2.75, 3.05) is 16.8 Å². The van der Waals surface area contributed by atoms with Gasteiger partial charge >= 0.3 is 5.97 Å². The molecule has 2 N–H and O–H groups in total. The Morgan fingerprint density at radius 3 is 2.57 bits per heavy atom. The summed E-state index contributed by atoms with van der Waals surface area (Å²) in [6.07, 6.45) is 0.308. The molecule has 0 aromatic heterocycles. The number of anilines is 3. The minimum Gasteiger partial charge on any atom is -0.478 e. The Balaban J connectivity index is 2.17. The molecule has 0 aliphatic carbocycles. The molecule has 2 aromatic carbocycles. The Labute approximate surface area is 121 Å². The average molecular weight is 282 g/mol. The van der Waals surface area contributed by atoms with Crippen LogP contribution in [0.3, 0.4) is 0 Å². The highest BCUT2D eigenvalue weighted by atomic mass is 16.4. The van der Waals surface area contributed by atoms with E-state index in [-0.39, 0.29) is 11.5 Å². The number of nitrogens with one attached hydrogen (secondary N) is 1. The summed E-state index contributed by atoms with van der Waals surface area (Å²) < 4.78 is 0. The molecule has 0 atom stereocenters. The van der Waals surface area contributed by atoms with Crippen molar-refractivity contribution in [2.45, 2.75) is 6.42 Å². The molecule has 1 aliphatic rings. The van der Waals surface area contributed by atoms with Crippen molar-refractivity contribution in [2.24, 2.45) is 0 Å². The van der Waals surface area contributed by atoms with Crippen LogP contribution in [0.5, 0.6) is 0 Å². The van der Waals surface area contributed by atoms with E-state index in [0.29, 0.717) is 24.3 Å². The van der Waals surface area contributed by atoms with Crippen molar-refractivity contribution in [3.05, 3.63) is 54.1 Å². The van der Waals surface area contributed by atoms with Crippen molar-refractivity contribution in [1.29, 1.82) is 0 Å². The maximum Gasteiger partial charge on any atom is 0.337 e. The molecule has 1 amide bonds. The van der Waals surface area contributed by atoms with Crippen LogP contribution in [0.1, 0.15) is 16.8 Å². The minimum atomic E-state index is -1.05. The highest BCUT2D eigenvalue weighted by Gasteiger charge is 2.24. The second kappa shape index (κ2) is 5.28. The Kier molecular flexibility index (Phi) is 3.31. The molecule has 0 unspecified atom stereocenters. The Bertz CT molecular complexity index is 698. The number of benzene rings is 2. The number of nitrogens with zero attached hydrogens (tertiary/aromatic N) is 1. The number of rotatable bonds is 2. The molecule has 2 aromatic rings. The number of hydrogen-bond acceptors (Lipinski definition) is 3. The van der Waals surface area contributed by atoms with E-state index in [1.165, 1.54) is 6.07 Å². The fourth-order valence-corrected chi connectivity index (χ4v) is 2.49. The zero-order valence-electron chi connectivity index (χ0n) is 11.2. The van der Waals surface area contributed by atoms with Gasteiger partial charge in [0.1, 0.15) is 0 Å². The monoisotopic (exact) mass is 282 g/mol. The smallest absolute Gasteiger partial charge is 0.337 e. The molecule has 0 spiro atoms. The SMILES string of the molecule is O=C1CCN(c2ccccc2)c2cccc(C(=O)O)c2N1. The second-order valence-corrected chi connectivity index (χ2v) is 4.79. The van der Waals surface area contributed by atoms with Crippen LogP contribution in [0.25, 0.3) is 0 Å². The summed E-state index contributed by atoms with van der Waals surface area (Å²) in [6, 6.07) is 14.6. The van der Waals surface area contributed by atoms with Gasteiger partial charge in [-0.1, -0.05) is 24.3 Å². The number of carboxylic acids is 1. The van der Waals surface area contributed by atoms with Gasteiger partial charge in [0, 0.05) is 18.7 Å². The second-order valence-electron chi connectivity index (χ2n) is 4.79. The van der Waals surface area contributed by atoms with E-state index < -0.39 is 5.97 Å². The van der Waals surface area contributed by atoms with Crippen LogP contribution in [-0.4, -0.2) is 23.5 Å². The quantitative estimate of drug-likeness (QED) is 0.888. The van der Waals surface area contributed by atoms with Crippen molar-refractivity contribution < 1.29 is 14.7 Å². The van der Waals surface area contributed by atoms with Crippen LogP contribution in [0, 0.1) is 0 Å². The summed E-state index contributed by atoms with van der Waals surface area (Å²) in [7, 11) is 0. The molecule has 0 radical (unpaired) electrons. The van der Waals surface area contributed by atoms with Gasteiger partial charge in [-0.2, -0.15) is 0 Å². The maximum atomic E-state index is 11.9. The van der Waals surface area contributed by atoms with E-state index in [4.69, 9.17) is 0 Å². The summed E-state index contributed by atoms with van der Waals surface area (Å²) in [6.45, 7) is 0.506. The van der Waals surface area contributed by atoms with Gasteiger partial charge in [-0.15, -0.1) is 0 Å². The Morgan fingerprint density at radius 1 is 1.10 bits per heavy atom. The van der Waals surface area contributed by atoms with E-state index in [2.05, 4.69) is 5.32 Å². The van der Waals surface area contributed by atoms with Crippen LogP contribution in [-0.2, 0) is 4.79 Å². The third-order valence-corrected chi connectivity index (χ3v) is 3.46. The van der Waals surface area contributed by atoms with Gasteiger partial charge in [-0.25, -0.2) is 4.79 Å². The molecule has 5 heteroatoms. The standard InChI is InChI=1S/C16H14N2O3/c19-14-9-10-18(11-5-2-1-3-6-11)13-8-4-7-12(16(20)21)15(13)17-14/h1-8H,9-10H2,(H,17,19)(H,20,21). The predicted octanol–water partition coefficient (Wildman–Crippen LogP) is 2.87. The topological polar surface area (TPSA) is 69.6 Å². The lowest BCUT2D eigenvalue weighted by Crippen LogP contribution is -2.18. The van der Waals surface area contributed by atoms with Crippen LogP contribution < -0.4 is 10.2 Å². The van der Waals surface area contributed by atoms with Crippen molar-refractivity contribution >= 4 is 28.9 Å². The number of hydrogen-bond donors (Lipinski definition) is 2. The zero-order chi connectivity index (χ0) is 14.8. The lowest BCUT2D eigenvalue weighted by atomic mass is 10.1. The van der Waals surface area contributed by atoms with E-state index in [9.17, 15) is 14.7 Å². The van der Waals surface area contributed by atoms with Crippen molar-refractivity contribution in [3.8, 4) is 0 Å². The number of carbonyl (C=O) groups excluding carboxylic acids is 1. The van der Waals surface area contributed by atoms with E-state index in [1.807, 2.05) is 41.3 Å². The molecule has 106 valence electrons. The molecule has 0 saturated heterocycles. The normalized spacial score (nSPS) is 14.1. The molecular formula is C16H14N2O3. The lowest BCUT2D eigenvalue weighted by Gasteiger charge is -2.24. The number of fused-ring (bicyclic) bond motifs is 1. The van der Waals surface area contributed by atoms with E-state index in [1.54, 1.807) is 6.07 Å². The Morgan fingerprint density at radius 2 is 1.86 bits per heavy atom. The van der Waals surface area contributed by atoms with Crippen LogP contribution in [0.4, 0.5) is 17.1 Å². The first kappa shape index (κ1) is 13.2. The van der Waals surface area contributed by atoms with Crippen molar-refractivity contribution in [1.82, 2.24) is 0 Å².